The molecule has 7 N–H and O–H groups in total. The second-order valence-corrected chi connectivity index (χ2v) is 4.07. The van der Waals surface area contributed by atoms with E-state index in [9.17, 15) is 0 Å². The molecular formula is C11H12ClN7. The molecule has 0 fully saturated rings. The normalized spacial score (nSPS) is 11.3. The third-order valence-corrected chi connectivity index (χ3v) is 2.46. The van der Waals surface area contributed by atoms with Gasteiger partial charge in [0, 0.05) is 16.8 Å². The number of hydrogen-bond donors (Lipinski definition) is 4. The second kappa shape index (κ2) is 5.40. The van der Waals surface area contributed by atoms with E-state index < -0.39 is 0 Å². The Kier molecular flexibility index (Phi) is 3.67. The Morgan fingerprint density at radius 1 is 1.21 bits per heavy atom. The monoisotopic (exact) mass is 277 g/mol. The summed E-state index contributed by atoms with van der Waals surface area (Å²) in [5.74, 6) is -0.214. The minimum Gasteiger partial charge on any atom is -0.370 e. The third kappa shape index (κ3) is 3.23. The number of hydrogen-bond acceptors (Lipinski definition) is 2. The van der Waals surface area contributed by atoms with Crippen molar-refractivity contribution in [3.8, 4) is 11.3 Å². The summed E-state index contributed by atoms with van der Waals surface area (Å²) in [5.41, 5.74) is 18.2. The van der Waals surface area contributed by atoms with E-state index in [0.29, 0.717) is 10.7 Å². The first-order chi connectivity index (χ1) is 9.06. The average Bonchev–Trinajstić information content (AvgIpc) is 2.81. The molecule has 0 saturated heterocycles. The van der Waals surface area contributed by atoms with Crippen LogP contribution in [0.3, 0.4) is 0 Å². The smallest absolute Gasteiger partial charge is 0.223 e. The van der Waals surface area contributed by atoms with Crippen molar-refractivity contribution >= 4 is 29.2 Å². The molecule has 0 unspecified atom stereocenters. The number of rotatable bonds is 2. The maximum Gasteiger partial charge on any atom is 0.223 e. The minimum absolute atomic E-state index is 0.0527. The SMILES string of the molecule is NC(N)=NC(N)=Nc1cc(Cl)ccc1-c1ccn[nH]1. The molecule has 0 saturated carbocycles. The zero-order valence-corrected chi connectivity index (χ0v) is 10.6. The lowest BCUT2D eigenvalue weighted by Crippen LogP contribution is -2.26. The van der Waals surface area contributed by atoms with Crippen LogP contribution >= 0.6 is 11.6 Å². The molecule has 2 aromatic rings. The number of guanidine groups is 2. The van der Waals surface area contributed by atoms with Crippen LogP contribution < -0.4 is 17.2 Å². The second-order valence-electron chi connectivity index (χ2n) is 3.64. The van der Waals surface area contributed by atoms with Gasteiger partial charge in [-0.25, -0.2) is 4.99 Å². The van der Waals surface area contributed by atoms with Crippen LogP contribution in [0.2, 0.25) is 5.02 Å². The lowest BCUT2D eigenvalue weighted by Gasteiger charge is -2.04. The molecule has 0 aliphatic rings. The first kappa shape index (κ1) is 12.9. The quantitative estimate of drug-likeness (QED) is 0.480. The van der Waals surface area contributed by atoms with E-state index in [1.807, 2.05) is 0 Å². The Labute approximate surface area is 114 Å². The van der Waals surface area contributed by atoms with Gasteiger partial charge in [0.2, 0.25) is 5.96 Å². The van der Waals surface area contributed by atoms with Crippen molar-refractivity contribution in [2.75, 3.05) is 0 Å². The largest absolute Gasteiger partial charge is 0.370 e. The Balaban J connectivity index is 2.50. The van der Waals surface area contributed by atoms with Gasteiger partial charge in [-0.15, -0.1) is 0 Å². The molecule has 19 heavy (non-hydrogen) atoms. The molecule has 8 heteroatoms. The summed E-state index contributed by atoms with van der Waals surface area (Å²) in [6.07, 6.45) is 1.64. The molecule has 2 rings (SSSR count). The maximum atomic E-state index is 5.95. The molecule has 1 aromatic carbocycles. The molecule has 0 bridgehead atoms. The number of halogens is 1. The van der Waals surface area contributed by atoms with Gasteiger partial charge in [0.15, 0.2) is 5.96 Å². The number of aromatic amines is 1. The Morgan fingerprint density at radius 2 is 2.00 bits per heavy atom. The van der Waals surface area contributed by atoms with E-state index in [2.05, 4.69) is 20.2 Å². The Morgan fingerprint density at radius 3 is 2.63 bits per heavy atom. The lowest BCUT2D eigenvalue weighted by atomic mass is 10.1. The van der Waals surface area contributed by atoms with Crippen molar-refractivity contribution in [1.29, 1.82) is 0 Å². The standard InChI is InChI=1S/C11H12ClN7/c12-6-1-2-7(8-3-4-16-19-8)9(5-6)17-11(15)18-10(13)14/h1-5H,(H,16,19)(H6,13,14,15,17,18). The summed E-state index contributed by atoms with van der Waals surface area (Å²) >= 11 is 5.95. The van der Waals surface area contributed by atoms with Crippen LogP contribution in [0.5, 0.6) is 0 Å². The van der Waals surface area contributed by atoms with E-state index in [1.165, 1.54) is 0 Å². The summed E-state index contributed by atoms with van der Waals surface area (Å²) in [5, 5.41) is 7.25. The zero-order valence-electron chi connectivity index (χ0n) is 9.84. The van der Waals surface area contributed by atoms with Crippen LogP contribution in [0.1, 0.15) is 0 Å². The van der Waals surface area contributed by atoms with E-state index in [4.69, 9.17) is 28.8 Å². The molecule has 0 atom stereocenters. The molecule has 1 heterocycles. The van der Waals surface area contributed by atoms with Gasteiger partial charge >= 0.3 is 0 Å². The van der Waals surface area contributed by atoms with Crippen LogP contribution in [0.4, 0.5) is 5.69 Å². The number of nitrogens with one attached hydrogen (secondary N) is 1. The van der Waals surface area contributed by atoms with Gasteiger partial charge in [-0.1, -0.05) is 11.6 Å². The van der Waals surface area contributed by atoms with Crippen molar-refractivity contribution in [2.45, 2.75) is 0 Å². The van der Waals surface area contributed by atoms with E-state index in [-0.39, 0.29) is 11.9 Å². The predicted molar refractivity (Wildman–Crippen MR) is 76.1 cm³/mol. The molecule has 0 amide bonds. The molecule has 1 aromatic heterocycles. The van der Waals surface area contributed by atoms with Gasteiger partial charge in [-0.2, -0.15) is 10.1 Å². The summed E-state index contributed by atoms with van der Waals surface area (Å²) in [7, 11) is 0. The zero-order chi connectivity index (χ0) is 13.8. The van der Waals surface area contributed by atoms with Gasteiger partial charge in [0.1, 0.15) is 0 Å². The highest BCUT2D eigenvalue weighted by Gasteiger charge is 2.07. The van der Waals surface area contributed by atoms with Crippen LogP contribution in [0.15, 0.2) is 40.4 Å². The van der Waals surface area contributed by atoms with E-state index >= 15 is 0 Å². The topological polar surface area (TPSA) is 131 Å². The molecule has 7 nitrogen and oxygen atoms in total. The molecular weight excluding hydrogens is 266 g/mol. The fourth-order valence-electron chi connectivity index (χ4n) is 1.51. The van der Waals surface area contributed by atoms with E-state index in [0.717, 1.165) is 11.3 Å². The summed E-state index contributed by atoms with van der Waals surface area (Å²) in [6, 6.07) is 7.01. The fraction of sp³-hybridized carbons (Fsp3) is 0. The molecule has 0 aliphatic heterocycles. The number of aromatic nitrogens is 2. The van der Waals surface area contributed by atoms with Crippen LogP contribution in [0.25, 0.3) is 11.3 Å². The van der Waals surface area contributed by atoms with Crippen molar-refractivity contribution in [1.82, 2.24) is 10.2 Å². The third-order valence-electron chi connectivity index (χ3n) is 2.23. The number of H-pyrrole nitrogens is 1. The van der Waals surface area contributed by atoms with Crippen molar-refractivity contribution in [3.05, 3.63) is 35.5 Å². The first-order valence-electron chi connectivity index (χ1n) is 5.29. The van der Waals surface area contributed by atoms with Crippen molar-refractivity contribution < 1.29 is 0 Å². The van der Waals surface area contributed by atoms with Crippen LogP contribution in [-0.2, 0) is 0 Å². The van der Waals surface area contributed by atoms with Gasteiger partial charge in [0.05, 0.1) is 11.4 Å². The summed E-state index contributed by atoms with van der Waals surface area (Å²) in [4.78, 5) is 7.79. The summed E-state index contributed by atoms with van der Waals surface area (Å²) < 4.78 is 0. The summed E-state index contributed by atoms with van der Waals surface area (Å²) in [6.45, 7) is 0. The number of nitrogens with two attached hydrogens (primary N) is 3. The van der Waals surface area contributed by atoms with E-state index in [1.54, 1.807) is 30.5 Å². The van der Waals surface area contributed by atoms with Crippen molar-refractivity contribution in [3.63, 3.8) is 0 Å². The highest BCUT2D eigenvalue weighted by Crippen LogP contribution is 2.31. The van der Waals surface area contributed by atoms with Crippen molar-refractivity contribution in [2.24, 2.45) is 27.2 Å². The van der Waals surface area contributed by atoms with Gasteiger partial charge in [-0.3, -0.25) is 5.10 Å². The number of benzene rings is 1. The highest BCUT2D eigenvalue weighted by atomic mass is 35.5. The Bertz CT molecular complexity index is 626. The lowest BCUT2D eigenvalue weighted by molar-refractivity contribution is 1.09. The highest BCUT2D eigenvalue weighted by molar-refractivity contribution is 6.31. The molecule has 98 valence electrons. The Hall–Kier alpha value is -2.54. The maximum absolute atomic E-state index is 5.95. The van der Waals surface area contributed by atoms with Gasteiger partial charge in [0.25, 0.3) is 0 Å². The molecule has 0 radical (unpaired) electrons. The number of aliphatic imine (C=N–C) groups is 2. The predicted octanol–water partition coefficient (Wildman–Crippen LogP) is 0.950. The fourth-order valence-corrected chi connectivity index (χ4v) is 1.68. The minimum atomic E-state index is -0.161. The number of nitrogens with zero attached hydrogens (tertiary/aromatic N) is 3. The van der Waals surface area contributed by atoms with Crippen LogP contribution in [0, 0.1) is 0 Å². The van der Waals surface area contributed by atoms with Crippen LogP contribution in [-0.4, -0.2) is 22.1 Å². The van der Waals surface area contributed by atoms with Gasteiger partial charge < -0.3 is 17.2 Å². The molecule has 0 spiro atoms. The first-order valence-corrected chi connectivity index (χ1v) is 5.67. The molecule has 0 aliphatic carbocycles. The van der Waals surface area contributed by atoms with Gasteiger partial charge in [-0.05, 0) is 24.3 Å². The average molecular weight is 278 g/mol.